The van der Waals surface area contributed by atoms with Gasteiger partial charge in [-0.15, -0.1) is 0 Å². The molecule has 0 aromatic heterocycles. The summed E-state index contributed by atoms with van der Waals surface area (Å²) < 4.78 is 26.3. The molecule has 0 aliphatic carbocycles. The van der Waals surface area contributed by atoms with Crippen LogP contribution in [0.4, 0.5) is 0 Å². The summed E-state index contributed by atoms with van der Waals surface area (Å²) in [5.41, 5.74) is 0.960. The molecule has 0 N–H and O–H groups in total. The fraction of sp³-hybridized carbons (Fsp3) is 0.417. The van der Waals surface area contributed by atoms with Crippen LogP contribution in [0.2, 0.25) is 0 Å². The molecular formula is C12H14BrNO3S. The normalized spacial score (nSPS) is 20.5. The molecule has 1 aromatic rings. The Morgan fingerprint density at radius 2 is 2.06 bits per heavy atom. The standard InChI is InChI=1S/C12H14BrNO3S/c1-8-3-4-11(10(13)5-8)18(16,17)14-7-9(2)6-12(14)15/h3-5,9H,6-7H2,1-2H3. The van der Waals surface area contributed by atoms with Crippen LogP contribution in [0.15, 0.2) is 27.6 Å². The van der Waals surface area contributed by atoms with Gasteiger partial charge in [0.25, 0.3) is 10.0 Å². The minimum atomic E-state index is -3.73. The number of carbonyl (C=O) groups is 1. The van der Waals surface area contributed by atoms with Crippen molar-refractivity contribution < 1.29 is 13.2 Å². The summed E-state index contributed by atoms with van der Waals surface area (Å²) in [4.78, 5) is 11.9. The molecule has 2 rings (SSSR count). The monoisotopic (exact) mass is 331 g/mol. The van der Waals surface area contributed by atoms with E-state index in [1.807, 2.05) is 13.8 Å². The van der Waals surface area contributed by atoms with Crippen molar-refractivity contribution in [3.63, 3.8) is 0 Å². The Kier molecular flexibility index (Phi) is 3.51. The minimum absolute atomic E-state index is 0.0801. The van der Waals surface area contributed by atoms with Crippen molar-refractivity contribution in [1.82, 2.24) is 4.31 Å². The van der Waals surface area contributed by atoms with E-state index in [0.29, 0.717) is 10.9 Å². The second kappa shape index (κ2) is 4.66. The number of aryl methyl sites for hydroxylation is 1. The highest BCUT2D eigenvalue weighted by Gasteiger charge is 2.37. The third kappa shape index (κ3) is 2.31. The lowest BCUT2D eigenvalue weighted by atomic mass is 10.2. The van der Waals surface area contributed by atoms with Gasteiger partial charge in [0.1, 0.15) is 4.90 Å². The van der Waals surface area contributed by atoms with Crippen LogP contribution in [0, 0.1) is 12.8 Å². The number of hydrogen-bond donors (Lipinski definition) is 0. The van der Waals surface area contributed by atoms with Gasteiger partial charge in [0, 0.05) is 17.4 Å². The fourth-order valence-corrected chi connectivity index (χ4v) is 4.70. The van der Waals surface area contributed by atoms with Crippen LogP contribution < -0.4 is 0 Å². The van der Waals surface area contributed by atoms with E-state index in [4.69, 9.17) is 0 Å². The number of rotatable bonds is 2. The third-order valence-electron chi connectivity index (χ3n) is 2.93. The van der Waals surface area contributed by atoms with Gasteiger partial charge in [-0.05, 0) is 46.5 Å². The lowest BCUT2D eigenvalue weighted by molar-refractivity contribution is -0.123. The number of halogens is 1. The Labute approximate surface area is 115 Å². The summed E-state index contributed by atoms with van der Waals surface area (Å²) >= 11 is 3.25. The maximum atomic E-state index is 12.4. The first-order chi connectivity index (χ1) is 8.32. The molecule has 1 atom stereocenters. The summed E-state index contributed by atoms with van der Waals surface area (Å²) in [6.07, 6.45) is 0.294. The molecule has 0 saturated carbocycles. The van der Waals surface area contributed by atoms with E-state index in [0.717, 1.165) is 9.87 Å². The van der Waals surface area contributed by atoms with Crippen molar-refractivity contribution in [3.05, 3.63) is 28.2 Å². The van der Waals surface area contributed by atoms with Crippen molar-refractivity contribution in [1.29, 1.82) is 0 Å². The predicted molar refractivity (Wildman–Crippen MR) is 71.6 cm³/mol. The molecule has 0 spiro atoms. The molecule has 1 fully saturated rings. The summed E-state index contributed by atoms with van der Waals surface area (Å²) in [5.74, 6) is -0.244. The second-order valence-electron chi connectivity index (χ2n) is 4.67. The van der Waals surface area contributed by atoms with Crippen molar-refractivity contribution >= 4 is 31.9 Å². The number of carbonyl (C=O) groups excluding carboxylic acids is 1. The van der Waals surface area contributed by atoms with Crippen molar-refractivity contribution in [2.75, 3.05) is 6.54 Å². The average molecular weight is 332 g/mol. The highest BCUT2D eigenvalue weighted by Crippen LogP contribution is 2.30. The highest BCUT2D eigenvalue weighted by molar-refractivity contribution is 9.10. The molecule has 1 aliphatic rings. The predicted octanol–water partition coefficient (Wildman–Crippen LogP) is 2.31. The average Bonchev–Trinajstić information content (AvgIpc) is 2.57. The molecule has 1 unspecified atom stereocenters. The fourth-order valence-electron chi connectivity index (χ4n) is 2.02. The van der Waals surface area contributed by atoms with Gasteiger partial charge in [0.15, 0.2) is 0 Å². The van der Waals surface area contributed by atoms with Gasteiger partial charge in [-0.3, -0.25) is 4.79 Å². The molecule has 0 bridgehead atoms. The van der Waals surface area contributed by atoms with Crippen LogP contribution >= 0.6 is 15.9 Å². The maximum absolute atomic E-state index is 12.4. The van der Waals surface area contributed by atoms with Crippen LogP contribution in [0.5, 0.6) is 0 Å². The van der Waals surface area contributed by atoms with E-state index in [-0.39, 0.29) is 23.3 Å². The zero-order valence-corrected chi connectivity index (χ0v) is 12.6. The largest absolute Gasteiger partial charge is 0.274 e. The molecule has 0 radical (unpaired) electrons. The molecule has 1 amide bonds. The first-order valence-electron chi connectivity index (χ1n) is 5.64. The second-order valence-corrected chi connectivity index (χ2v) is 7.36. The highest BCUT2D eigenvalue weighted by atomic mass is 79.9. The molecule has 98 valence electrons. The van der Waals surface area contributed by atoms with Crippen LogP contribution in [-0.2, 0) is 14.8 Å². The van der Waals surface area contributed by atoms with Gasteiger partial charge in [-0.2, -0.15) is 0 Å². The maximum Gasteiger partial charge on any atom is 0.267 e. The SMILES string of the molecule is Cc1ccc(S(=O)(=O)N2CC(C)CC2=O)c(Br)c1. The number of amides is 1. The smallest absolute Gasteiger partial charge is 0.267 e. The molecule has 6 heteroatoms. The van der Waals surface area contributed by atoms with E-state index in [1.165, 1.54) is 6.07 Å². The summed E-state index contributed by atoms with van der Waals surface area (Å²) in [6, 6.07) is 4.99. The van der Waals surface area contributed by atoms with E-state index < -0.39 is 10.0 Å². The lowest BCUT2D eigenvalue weighted by Crippen LogP contribution is -2.32. The van der Waals surface area contributed by atoms with Gasteiger partial charge >= 0.3 is 0 Å². The number of sulfonamides is 1. The van der Waals surface area contributed by atoms with E-state index >= 15 is 0 Å². The zero-order chi connectivity index (χ0) is 13.5. The van der Waals surface area contributed by atoms with Crippen LogP contribution in [0.25, 0.3) is 0 Å². The Hall–Kier alpha value is -0.880. The van der Waals surface area contributed by atoms with Crippen LogP contribution in [0.3, 0.4) is 0 Å². The Balaban J connectivity index is 2.46. The number of hydrogen-bond acceptors (Lipinski definition) is 3. The first-order valence-corrected chi connectivity index (χ1v) is 7.87. The molecule has 4 nitrogen and oxygen atoms in total. The minimum Gasteiger partial charge on any atom is -0.274 e. The van der Waals surface area contributed by atoms with E-state index in [1.54, 1.807) is 12.1 Å². The van der Waals surface area contributed by atoms with E-state index in [9.17, 15) is 13.2 Å². The van der Waals surface area contributed by atoms with Crippen molar-refractivity contribution in [2.24, 2.45) is 5.92 Å². The molecule has 18 heavy (non-hydrogen) atoms. The topological polar surface area (TPSA) is 54.5 Å². The summed E-state index contributed by atoms with van der Waals surface area (Å²) in [7, 11) is -3.73. The van der Waals surface area contributed by atoms with E-state index in [2.05, 4.69) is 15.9 Å². The first kappa shape index (κ1) is 13.5. The van der Waals surface area contributed by atoms with Gasteiger partial charge in [0.2, 0.25) is 5.91 Å². The summed E-state index contributed by atoms with van der Waals surface area (Å²) in [6.45, 7) is 4.02. The van der Waals surface area contributed by atoms with Crippen molar-refractivity contribution in [3.8, 4) is 0 Å². The quantitative estimate of drug-likeness (QED) is 0.835. The van der Waals surface area contributed by atoms with Crippen molar-refractivity contribution in [2.45, 2.75) is 25.2 Å². The zero-order valence-electron chi connectivity index (χ0n) is 10.2. The molecular weight excluding hydrogens is 318 g/mol. The molecule has 1 saturated heterocycles. The van der Waals surface area contributed by atoms with Gasteiger partial charge in [-0.1, -0.05) is 13.0 Å². The lowest BCUT2D eigenvalue weighted by Gasteiger charge is -2.17. The molecule has 1 aliphatic heterocycles. The molecule has 1 heterocycles. The Bertz CT molecular complexity index is 597. The third-order valence-corrected chi connectivity index (χ3v) is 5.70. The Morgan fingerprint density at radius 3 is 2.56 bits per heavy atom. The number of nitrogens with zero attached hydrogens (tertiary/aromatic N) is 1. The Morgan fingerprint density at radius 1 is 1.39 bits per heavy atom. The summed E-state index contributed by atoms with van der Waals surface area (Å²) in [5, 5.41) is 0. The number of benzene rings is 1. The van der Waals surface area contributed by atoms with Crippen LogP contribution in [-0.4, -0.2) is 25.2 Å². The van der Waals surface area contributed by atoms with Crippen LogP contribution in [0.1, 0.15) is 18.9 Å². The van der Waals surface area contributed by atoms with Gasteiger partial charge < -0.3 is 0 Å². The van der Waals surface area contributed by atoms with Gasteiger partial charge in [0.05, 0.1) is 0 Å². The van der Waals surface area contributed by atoms with Gasteiger partial charge in [-0.25, -0.2) is 12.7 Å². The molecule has 1 aromatic carbocycles.